The summed E-state index contributed by atoms with van der Waals surface area (Å²) in [6, 6.07) is 4.57. The molecule has 1 saturated heterocycles. The first-order valence-electron chi connectivity index (χ1n) is 12.0. The number of likely N-dealkylation sites (tertiary alicyclic amines) is 1. The van der Waals surface area contributed by atoms with Gasteiger partial charge in [-0.2, -0.15) is 0 Å². The molecule has 1 aromatic rings. The van der Waals surface area contributed by atoms with Crippen LogP contribution < -0.4 is 4.74 Å². The summed E-state index contributed by atoms with van der Waals surface area (Å²) in [7, 11) is 3.28. The highest BCUT2D eigenvalue weighted by Crippen LogP contribution is 2.34. The Morgan fingerprint density at radius 3 is 2.73 bits per heavy atom. The monoisotopic (exact) mass is 453 g/mol. The van der Waals surface area contributed by atoms with E-state index in [9.17, 15) is 4.79 Å². The summed E-state index contributed by atoms with van der Waals surface area (Å²) in [5.41, 5.74) is 3.80. The Morgan fingerprint density at radius 2 is 2.03 bits per heavy atom. The van der Waals surface area contributed by atoms with Gasteiger partial charge in [0.2, 0.25) is 0 Å². The van der Waals surface area contributed by atoms with E-state index in [-0.39, 0.29) is 11.7 Å². The number of methoxy groups -OCH3 is 2. The van der Waals surface area contributed by atoms with Crippen molar-refractivity contribution in [3.63, 3.8) is 0 Å². The summed E-state index contributed by atoms with van der Waals surface area (Å²) < 4.78 is 16.6. The summed E-state index contributed by atoms with van der Waals surface area (Å²) in [6.07, 6.45) is 9.02. The molecule has 0 amide bonds. The van der Waals surface area contributed by atoms with E-state index in [1.165, 1.54) is 16.7 Å². The molecule has 1 aliphatic carbocycles. The number of rotatable bonds is 10. The molecule has 2 aliphatic rings. The zero-order valence-corrected chi connectivity index (χ0v) is 20.9. The number of Topliss-reactive ketones (excluding diaryl/α,β-unsaturated/α-hetero) is 1. The van der Waals surface area contributed by atoms with Gasteiger partial charge in [0, 0.05) is 37.4 Å². The number of ether oxygens (including phenoxy) is 3. The van der Waals surface area contributed by atoms with E-state index in [1.807, 2.05) is 12.2 Å². The zero-order chi connectivity index (χ0) is 24.0. The van der Waals surface area contributed by atoms with Crippen molar-refractivity contribution in [1.82, 2.24) is 4.90 Å². The second-order valence-corrected chi connectivity index (χ2v) is 9.25. The molecule has 180 valence electrons. The first-order chi connectivity index (χ1) is 15.9. The Hall–Kier alpha value is -2.53. The van der Waals surface area contributed by atoms with Gasteiger partial charge < -0.3 is 14.2 Å². The van der Waals surface area contributed by atoms with Gasteiger partial charge in [-0.05, 0) is 74.9 Å². The zero-order valence-electron chi connectivity index (χ0n) is 20.9. The molecule has 3 rings (SSSR count). The molecule has 5 nitrogen and oxygen atoms in total. The number of carbonyl (C=O) groups is 1. The average Bonchev–Trinajstić information content (AvgIpc) is 2.84. The lowest BCUT2D eigenvalue weighted by molar-refractivity contribution is -0.123. The quantitative estimate of drug-likeness (QED) is 0.427. The molecule has 0 radical (unpaired) electrons. The summed E-state index contributed by atoms with van der Waals surface area (Å²) in [5.74, 6) is 2.93. The second-order valence-electron chi connectivity index (χ2n) is 9.25. The van der Waals surface area contributed by atoms with Gasteiger partial charge in [0.25, 0.3) is 0 Å². The maximum atomic E-state index is 13.1. The first-order valence-corrected chi connectivity index (χ1v) is 12.0. The van der Waals surface area contributed by atoms with Crippen molar-refractivity contribution in [1.29, 1.82) is 0 Å². The van der Waals surface area contributed by atoms with Gasteiger partial charge in [0.05, 0.1) is 14.2 Å². The van der Waals surface area contributed by atoms with Crippen LogP contribution in [0.25, 0.3) is 0 Å². The van der Waals surface area contributed by atoms with Gasteiger partial charge >= 0.3 is 0 Å². The molecule has 1 aromatic carbocycles. The Morgan fingerprint density at radius 1 is 1.24 bits per heavy atom. The van der Waals surface area contributed by atoms with E-state index in [0.29, 0.717) is 37.2 Å². The number of hydrogen-bond acceptors (Lipinski definition) is 5. The van der Waals surface area contributed by atoms with E-state index in [0.717, 1.165) is 37.4 Å². The van der Waals surface area contributed by atoms with E-state index in [1.54, 1.807) is 20.3 Å². The summed E-state index contributed by atoms with van der Waals surface area (Å²) >= 11 is 0. The Bertz CT molecular complexity index is 917. The molecule has 0 saturated carbocycles. The molecule has 1 fully saturated rings. The normalized spacial score (nSPS) is 22.1. The van der Waals surface area contributed by atoms with Crippen molar-refractivity contribution in [2.24, 2.45) is 11.8 Å². The molecule has 1 heterocycles. The van der Waals surface area contributed by atoms with Gasteiger partial charge in [0.15, 0.2) is 0 Å². The number of ketones is 1. The van der Waals surface area contributed by atoms with Crippen LogP contribution in [0, 0.1) is 25.7 Å². The molecule has 1 aliphatic heterocycles. The SMILES string of the molecule is C=CCOc1ccc([C@@H](C)N2CCC[C@@H](CC(=O)C3C=C(OC)C=C(OC)C3)C2)c(C)c1C. The molecular weight excluding hydrogens is 414 g/mol. The van der Waals surface area contributed by atoms with Crippen LogP contribution in [0.1, 0.15) is 55.3 Å². The number of piperidine rings is 1. The minimum atomic E-state index is -0.166. The lowest BCUT2D eigenvalue weighted by Crippen LogP contribution is -2.38. The highest BCUT2D eigenvalue weighted by molar-refractivity contribution is 5.83. The summed E-state index contributed by atoms with van der Waals surface area (Å²) in [4.78, 5) is 15.7. The molecule has 0 aromatic heterocycles. The molecule has 0 N–H and O–H groups in total. The number of carbonyl (C=O) groups excluding carboxylic acids is 1. The van der Waals surface area contributed by atoms with Gasteiger partial charge in [-0.25, -0.2) is 0 Å². The van der Waals surface area contributed by atoms with Crippen LogP contribution in [0.4, 0.5) is 0 Å². The van der Waals surface area contributed by atoms with Crippen molar-refractivity contribution < 1.29 is 19.0 Å². The minimum absolute atomic E-state index is 0.166. The average molecular weight is 454 g/mol. The molecular formula is C28H39NO4. The van der Waals surface area contributed by atoms with Crippen LogP contribution >= 0.6 is 0 Å². The van der Waals surface area contributed by atoms with Crippen LogP contribution in [0.3, 0.4) is 0 Å². The Kier molecular flexibility index (Phi) is 8.79. The van der Waals surface area contributed by atoms with Gasteiger partial charge in [-0.1, -0.05) is 18.7 Å². The van der Waals surface area contributed by atoms with Crippen molar-refractivity contribution in [3.05, 3.63) is 65.1 Å². The highest BCUT2D eigenvalue weighted by Gasteiger charge is 2.30. The number of nitrogens with zero attached hydrogens (tertiary/aromatic N) is 1. The lowest BCUT2D eigenvalue weighted by Gasteiger charge is -2.38. The number of allylic oxidation sites excluding steroid dienone is 3. The van der Waals surface area contributed by atoms with Crippen molar-refractivity contribution in [3.8, 4) is 5.75 Å². The minimum Gasteiger partial charge on any atom is -0.501 e. The second kappa shape index (κ2) is 11.6. The lowest BCUT2D eigenvalue weighted by atomic mass is 9.85. The van der Waals surface area contributed by atoms with Crippen LogP contribution in [-0.2, 0) is 14.3 Å². The molecule has 0 spiro atoms. The van der Waals surface area contributed by atoms with Crippen LogP contribution in [0.2, 0.25) is 0 Å². The Labute approximate surface area is 199 Å². The van der Waals surface area contributed by atoms with Gasteiger partial charge in [-0.3, -0.25) is 9.69 Å². The first kappa shape index (κ1) is 25.1. The molecule has 3 atom stereocenters. The van der Waals surface area contributed by atoms with E-state index in [4.69, 9.17) is 14.2 Å². The van der Waals surface area contributed by atoms with Crippen molar-refractivity contribution >= 4 is 5.78 Å². The largest absolute Gasteiger partial charge is 0.501 e. The third-order valence-corrected chi connectivity index (χ3v) is 7.18. The van der Waals surface area contributed by atoms with E-state index in [2.05, 4.69) is 44.4 Å². The summed E-state index contributed by atoms with van der Waals surface area (Å²) in [6.45, 7) is 12.8. The van der Waals surface area contributed by atoms with Crippen molar-refractivity contribution in [2.45, 2.75) is 52.5 Å². The molecule has 1 unspecified atom stereocenters. The molecule has 5 heteroatoms. The fourth-order valence-corrected chi connectivity index (χ4v) is 5.04. The maximum absolute atomic E-state index is 13.1. The smallest absolute Gasteiger partial charge is 0.140 e. The topological polar surface area (TPSA) is 48.0 Å². The standard InChI is InChI=1S/C28H39NO4/c1-7-13-33-28-11-10-26(19(2)20(28)3)21(4)29-12-8-9-22(18-29)14-27(30)23-15-24(31-5)17-25(16-23)32-6/h7,10-11,15,17,21-23H,1,8-9,12-14,16,18H2,2-6H3/t21-,22+,23?/m1/s1. The Balaban J connectivity index is 1.65. The fraction of sp³-hybridized carbons (Fsp3) is 0.536. The molecule has 33 heavy (non-hydrogen) atoms. The van der Waals surface area contributed by atoms with Crippen LogP contribution in [0.15, 0.2) is 48.5 Å². The summed E-state index contributed by atoms with van der Waals surface area (Å²) in [5, 5.41) is 0. The third kappa shape index (κ3) is 6.08. The predicted molar refractivity (Wildman–Crippen MR) is 132 cm³/mol. The maximum Gasteiger partial charge on any atom is 0.140 e. The predicted octanol–water partition coefficient (Wildman–Crippen LogP) is 5.68. The molecule has 0 bridgehead atoms. The number of hydrogen-bond donors (Lipinski definition) is 0. The van der Waals surface area contributed by atoms with E-state index >= 15 is 0 Å². The van der Waals surface area contributed by atoms with Crippen molar-refractivity contribution in [2.75, 3.05) is 33.9 Å². The fourth-order valence-electron chi connectivity index (χ4n) is 5.04. The van der Waals surface area contributed by atoms with Gasteiger partial charge in [0.1, 0.15) is 29.7 Å². The highest BCUT2D eigenvalue weighted by atomic mass is 16.5. The number of benzene rings is 1. The van der Waals surface area contributed by atoms with E-state index < -0.39 is 0 Å². The third-order valence-electron chi connectivity index (χ3n) is 7.18. The van der Waals surface area contributed by atoms with Crippen LogP contribution in [0.5, 0.6) is 5.75 Å². The van der Waals surface area contributed by atoms with Crippen LogP contribution in [-0.4, -0.2) is 44.6 Å². The van der Waals surface area contributed by atoms with Gasteiger partial charge in [-0.15, -0.1) is 0 Å².